The summed E-state index contributed by atoms with van der Waals surface area (Å²) in [4.78, 5) is 11.9. The minimum absolute atomic E-state index is 0.411. The van der Waals surface area contributed by atoms with Gasteiger partial charge in [0.1, 0.15) is 0 Å². The maximum atomic E-state index is 11.9. The van der Waals surface area contributed by atoms with Gasteiger partial charge in [0.15, 0.2) is 5.82 Å². The zero-order valence-electron chi connectivity index (χ0n) is 12.7. The smallest absolute Gasteiger partial charge is 0.311 e. The molecule has 0 bridgehead atoms. The highest BCUT2D eigenvalue weighted by Crippen LogP contribution is 2.41. The molecule has 2 aliphatic rings. The number of aliphatic carboxylic acids is 1. The zero-order chi connectivity index (χ0) is 14.9. The molecule has 1 N–H and O–H groups in total. The highest BCUT2D eigenvalue weighted by atomic mass is 16.4. The van der Waals surface area contributed by atoms with E-state index in [2.05, 4.69) is 22.4 Å². The van der Waals surface area contributed by atoms with Crippen molar-refractivity contribution in [1.82, 2.24) is 20.2 Å². The van der Waals surface area contributed by atoms with Crippen LogP contribution in [0.25, 0.3) is 0 Å². The van der Waals surface area contributed by atoms with Crippen LogP contribution in [0.15, 0.2) is 0 Å². The first-order valence-corrected chi connectivity index (χ1v) is 8.10. The van der Waals surface area contributed by atoms with Crippen LogP contribution in [0.1, 0.15) is 70.0 Å². The largest absolute Gasteiger partial charge is 0.481 e. The molecule has 0 aliphatic heterocycles. The molecule has 6 heteroatoms. The van der Waals surface area contributed by atoms with Crippen LogP contribution in [0.5, 0.6) is 0 Å². The molecule has 116 valence electrons. The third-order valence-electron chi connectivity index (χ3n) is 5.42. The van der Waals surface area contributed by atoms with Gasteiger partial charge in [-0.3, -0.25) is 4.79 Å². The molecule has 0 radical (unpaired) electrons. The first-order chi connectivity index (χ1) is 10.1. The third-order valence-corrected chi connectivity index (χ3v) is 5.42. The molecular weight excluding hydrogens is 268 g/mol. The molecule has 1 aromatic heterocycles. The summed E-state index contributed by atoms with van der Waals surface area (Å²) in [6.45, 7) is 2.63. The van der Waals surface area contributed by atoms with Crippen molar-refractivity contribution in [1.29, 1.82) is 0 Å². The van der Waals surface area contributed by atoms with Crippen LogP contribution in [0.3, 0.4) is 0 Å². The predicted molar refractivity (Wildman–Crippen MR) is 76.7 cm³/mol. The maximum absolute atomic E-state index is 11.9. The van der Waals surface area contributed by atoms with Crippen molar-refractivity contribution >= 4 is 5.97 Å². The Balaban J connectivity index is 1.80. The first kappa shape index (κ1) is 14.5. The average molecular weight is 292 g/mol. The molecule has 2 aliphatic carbocycles. The number of hydrogen-bond donors (Lipinski definition) is 1. The van der Waals surface area contributed by atoms with E-state index < -0.39 is 11.4 Å². The van der Waals surface area contributed by atoms with E-state index >= 15 is 0 Å². The summed E-state index contributed by atoms with van der Waals surface area (Å²) in [5.74, 6) is 1.24. The molecule has 0 spiro atoms. The van der Waals surface area contributed by atoms with Gasteiger partial charge < -0.3 is 5.11 Å². The quantitative estimate of drug-likeness (QED) is 0.922. The second kappa shape index (κ2) is 5.73. The standard InChI is InChI=1S/C15H24N4O2/c1-11-6-8-15(9-7-11,14(20)21)10-19-13(16-17-18-19)12-4-2-3-5-12/h11-12H,2-10H2,1H3,(H,20,21). The van der Waals surface area contributed by atoms with Crippen molar-refractivity contribution in [3.8, 4) is 0 Å². The first-order valence-electron chi connectivity index (χ1n) is 8.10. The molecule has 0 amide bonds. The molecule has 21 heavy (non-hydrogen) atoms. The Morgan fingerprint density at radius 1 is 1.29 bits per heavy atom. The lowest BCUT2D eigenvalue weighted by Crippen LogP contribution is -2.39. The summed E-state index contributed by atoms with van der Waals surface area (Å²) < 4.78 is 1.78. The molecule has 1 heterocycles. The summed E-state index contributed by atoms with van der Waals surface area (Å²) >= 11 is 0. The minimum atomic E-state index is -0.692. The molecule has 0 atom stereocenters. The summed E-state index contributed by atoms with van der Waals surface area (Å²) in [5.41, 5.74) is -0.685. The molecule has 2 fully saturated rings. The van der Waals surface area contributed by atoms with Gasteiger partial charge >= 0.3 is 5.97 Å². The van der Waals surface area contributed by atoms with Crippen LogP contribution in [0.4, 0.5) is 0 Å². The van der Waals surface area contributed by atoms with E-state index in [1.165, 1.54) is 12.8 Å². The molecule has 6 nitrogen and oxygen atoms in total. The molecule has 2 saturated carbocycles. The van der Waals surface area contributed by atoms with Gasteiger partial charge in [-0.25, -0.2) is 4.68 Å². The number of rotatable bonds is 4. The fraction of sp³-hybridized carbons (Fsp3) is 0.867. The number of carboxylic acids is 1. The van der Waals surface area contributed by atoms with Gasteiger partial charge in [0, 0.05) is 5.92 Å². The molecule has 0 unspecified atom stereocenters. The van der Waals surface area contributed by atoms with Crippen LogP contribution in [-0.2, 0) is 11.3 Å². The van der Waals surface area contributed by atoms with Gasteiger partial charge in [0.2, 0.25) is 0 Å². The van der Waals surface area contributed by atoms with Crippen molar-refractivity contribution in [2.75, 3.05) is 0 Å². The van der Waals surface area contributed by atoms with Gasteiger partial charge in [-0.1, -0.05) is 19.8 Å². The zero-order valence-corrected chi connectivity index (χ0v) is 12.7. The minimum Gasteiger partial charge on any atom is -0.481 e. The number of hydrogen-bond acceptors (Lipinski definition) is 4. The number of carbonyl (C=O) groups is 1. The molecule has 0 aromatic carbocycles. The highest BCUT2D eigenvalue weighted by Gasteiger charge is 2.42. The monoisotopic (exact) mass is 292 g/mol. The Kier molecular flexibility index (Phi) is 3.95. The van der Waals surface area contributed by atoms with Crippen molar-refractivity contribution in [3.63, 3.8) is 0 Å². The topological polar surface area (TPSA) is 80.9 Å². The Morgan fingerprint density at radius 3 is 2.57 bits per heavy atom. The summed E-state index contributed by atoms with van der Waals surface area (Å²) in [7, 11) is 0. The van der Waals surface area contributed by atoms with Crippen LogP contribution in [-0.4, -0.2) is 31.3 Å². The number of carboxylic acid groups (broad SMARTS) is 1. The van der Waals surface area contributed by atoms with E-state index in [0.717, 1.165) is 44.3 Å². The molecule has 1 aromatic rings. The maximum Gasteiger partial charge on any atom is 0.311 e. The van der Waals surface area contributed by atoms with Gasteiger partial charge in [-0.2, -0.15) is 0 Å². The summed E-state index contributed by atoms with van der Waals surface area (Å²) in [5, 5.41) is 21.8. The molecule has 3 rings (SSSR count). The van der Waals surface area contributed by atoms with Crippen LogP contribution < -0.4 is 0 Å². The third kappa shape index (κ3) is 2.80. The van der Waals surface area contributed by atoms with Crippen LogP contribution in [0, 0.1) is 11.3 Å². The summed E-state index contributed by atoms with van der Waals surface area (Å²) in [6.07, 6.45) is 8.11. The SMILES string of the molecule is CC1CCC(Cn2nnnc2C2CCCC2)(C(=O)O)CC1. The second-order valence-corrected chi connectivity index (χ2v) is 6.94. The van der Waals surface area contributed by atoms with Crippen molar-refractivity contribution in [2.24, 2.45) is 11.3 Å². The Hall–Kier alpha value is -1.46. The van der Waals surface area contributed by atoms with Crippen LogP contribution >= 0.6 is 0 Å². The average Bonchev–Trinajstić information content (AvgIpc) is 3.12. The lowest BCUT2D eigenvalue weighted by molar-refractivity contribution is -0.153. The predicted octanol–water partition coefficient (Wildman–Crippen LogP) is 2.61. The number of nitrogens with zero attached hydrogens (tertiary/aromatic N) is 4. The van der Waals surface area contributed by atoms with Crippen LogP contribution in [0.2, 0.25) is 0 Å². The Labute approximate surface area is 124 Å². The van der Waals surface area contributed by atoms with Gasteiger partial charge in [-0.05, 0) is 54.9 Å². The fourth-order valence-electron chi connectivity index (χ4n) is 3.84. The van der Waals surface area contributed by atoms with E-state index in [4.69, 9.17) is 0 Å². The fourth-order valence-corrected chi connectivity index (χ4v) is 3.84. The van der Waals surface area contributed by atoms with Gasteiger partial charge in [0.25, 0.3) is 0 Å². The normalized spacial score (nSPS) is 30.6. The van der Waals surface area contributed by atoms with E-state index in [0.29, 0.717) is 18.4 Å². The molecular formula is C15H24N4O2. The Morgan fingerprint density at radius 2 is 1.95 bits per heavy atom. The Bertz CT molecular complexity index is 500. The van der Waals surface area contributed by atoms with Crippen molar-refractivity contribution in [2.45, 2.75) is 70.8 Å². The van der Waals surface area contributed by atoms with Crippen molar-refractivity contribution < 1.29 is 9.90 Å². The van der Waals surface area contributed by atoms with E-state index in [1.807, 2.05) is 0 Å². The van der Waals surface area contributed by atoms with E-state index in [9.17, 15) is 9.90 Å². The number of tetrazole rings is 1. The second-order valence-electron chi connectivity index (χ2n) is 6.94. The van der Waals surface area contributed by atoms with Gasteiger partial charge in [-0.15, -0.1) is 5.10 Å². The van der Waals surface area contributed by atoms with E-state index in [-0.39, 0.29) is 0 Å². The highest BCUT2D eigenvalue weighted by molar-refractivity contribution is 5.74. The lowest BCUT2D eigenvalue weighted by Gasteiger charge is -2.35. The lowest BCUT2D eigenvalue weighted by atomic mass is 9.71. The van der Waals surface area contributed by atoms with Gasteiger partial charge in [0.05, 0.1) is 12.0 Å². The van der Waals surface area contributed by atoms with E-state index in [1.54, 1.807) is 4.68 Å². The number of aromatic nitrogens is 4. The molecule has 0 saturated heterocycles. The van der Waals surface area contributed by atoms with Crippen molar-refractivity contribution in [3.05, 3.63) is 5.82 Å². The summed E-state index contributed by atoms with van der Waals surface area (Å²) in [6, 6.07) is 0.